The third kappa shape index (κ3) is 2.23. The molecular formula is C14H18N2O3. The lowest BCUT2D eigenvalue weighted by atomic mass is 10.0. The maximum atomic E-state index is 5.49. The molecule has 5 heteroatoms. The molecule has 0 saturated heterocycles. The topological polar surface area (TPSA) is 45.5 Å². The molecule has 0 radical (unpaired) electrons. The maximum Gasteiger partial charge on any atom is 0.203 e. The second-order valence-electron chi connectivity index (χ2n) is 4.18. The number of rotatable bonds is 4. The number of hydrogen-bond acceptors (Lipinski definition) is 4. The van der Waals surface area contributed by atoms with Crippen LogP contribution in [0.4, 0.5) is 0 Å². The highest BCUT2D eigenvalue weighted by atomic mass is 16.5. The van der Waals surface area contributed by atoms with Crippen LogP contribution in [0.3, 0.4) is 0 Å². The van der Waals surface area contributed by atoms with Gasteiger partial charge in [0.15, 0.2) is 11.5 Å². The van der Waals surface area contributed by atoms with Gasteiger partial charge in [-0.3, -0.25) is 4.68 Å². The van der Waals surface area contributed by atoms with Crippen molar-refractivity contribution in [1.82, 2.24) is 9.78 Å². The number of methoxy groups -OCH3 is 3. The van der Waals surface area contributed by atoms with Gasteiger partial charge < -0.3 is 14.2 Å². The summed E-state index contributed by atoms with van der Waals surface area (Å²) in [5, 5.41) is 4.35. The van der Waals surface area contributed by atoms with Gasteiger partial charge in [-0.05, 0) is 19.1 Å². The lowest BCUT2D eigenvalue weighted by Gasteiger charge is -2.15. The van der Waals surface area contributed by atoms with Crippen LogP contribution in [0.5, 0.6) is 17.2 Å². The standard InChI is InChI=1S/C14H18N2O3/c1-9-11(8-16(2)15-9)10-6-7-12(17-3)14(19-5)13(10)18-4/h6-8H,1-5H3. The van der Waals surface area contributed by atoms with Crippen LogP contribution in [0.15, 0.2) is 18.3 Å². The van der Waals surface area contributed by atoms with Crippen molar-refractivity contribution in [3.8, 4) is 28.4 Å². The summed E-state index contributed by atoms with van der Waals surface area (Å²) in [5.74, 6) is 1.88. The number of aryl methyl sites for hydroxylation is 2. The molecule has 0 spiro atoms. The first kappa shape index (κ1) is 13.3. The summed E-state index contributed by atoms with van der Waals surface area (Å²) in [6.45, 7) is 1.96. The van der Waals surface area contributed by atoms with Crippen LogP contribution in [-0.2, 0) is 7.05 Å². The highest BCUT2D eigenvalue weighted by Crippen LogP contribution is 2.44. The van der Waals surface area contributed by atoms with Gasteiger partial charge >= 0.3 is 0 Å². The molecule has 0 aliphatic carbocycles. The molecule has 102 valence electrons. The smallest absolute Gasteiger partial charge is 0.203 e. The van der Waals surface area contributed by atoms with Crippen LogP contribution in [0.2, 0.25) is 0 Å². The molecule has 1 heterocycles. The van der Waals surface area contributed by atoms with Gasteiger partial charge in [0.2, 0.25) is 5.75 Å². The highest BCUT2D eigenvalue weighted by Gasteiger charge is 2.19. The zero-order chi connectivity index (χ0) is 14.0. The molecule has 0 fully saturated rings. The van der Waals surface area contributed by atoms with Gasteiger partial charge in [0.1, 0.15) is 0 Å². The zero-order valence-corrected chi connectivity index (χ0v) is 11.9. The molecule has 0 bridgehead atoms. The normalized spacial score (nSPS) is 10.4. The Balaban J connectivity index is 2.67. The van der Waals surface area contributed by atoms with Crippen LogP contribution in [0.25, 0.3) is 11.1 Å². The van der Waals surface area contributed by atoms with Crippen molar-refractivity contribution in [3.63, 3.8) is 0 Å². The van der Waals surface area contributed by atoms with Gasteiger partial charge in [-0.25, -0.2) is 0 Å². The van der Waals surface area contributed by atoms with Crippen molar-refractivity contribution in [2.24, 2.45) is 7.05 Å². The van der Waals surface area contributed by atoms with E-state index in [2.05, 4.69) is 5.10 Å². The van der Waals surface area contributed by atoms with Crippen LogP contribution < -0.4 is 14.2 Å². The minimum absolute atomic E-state index is 0.589. The predicted octanol–water partition coefficient (Wildman–Crippen LogP) is 2.42. The minimum atomic E-state index is 0.589. The molecule has 0 N–H and O–H groups in total. The molecule has 0 aliphatic rings. The van der Waals surface area contributed by atoms with E-state index in [9.17, 15) is 0 Å². The second-order valence-corrected chi connectivity index (χ2v) is 4.18. The largest absolute Gasteiger partial charge is 0.493 e. The van der Waals surface area contributed by atoms with E-state index in [4.69, 9.17) is 14.2 Å². The van der Waals surface area contributed by atoms with Crippen molar-refractivity contribution in [3.05, 3.63) is 24.0 Å². The van der Waals surface area contributed by atoms with Gasteiger partial charge in [0.05, 0.1) is 27.0 Å². The Morgan fingerprint density at radius 3 is 2.11 bits per heavy atom. The van der Waals surface area contributed by atoms with Crippen molar-refractivity contribution in [2.75, 3.05) is 21.3 Å². The Labute approximate surface area is 112 Å². The van der Waals surface area contributed by atoms with E-state index in [1.165, 1.54) is 0 Å². The molecule has 0 unspecified atom stereocenters. The molecule has 1 aromatic carbocycles. The van der Waals surface area contributed by atoms with E-state index in [0.717, 1.165) is 16.8 Å². The van der Waals surface area contributed by atoms with Gasteiger partial charge in [-0.1, -0.05) is 0 Å². The van der Waals surface area contributed by atoms with Crippen LogP contribution in [0.1, 0.15) is 5.69 Å². The first-order valence-electron chi connectivity index (χ1n) is 5.92. The first-order valence-corrected chi connectivity index (χ1v) is 5.92. The molecule has 19 heavy (non-hydrogen) atoms. The second kappa shape index (κ2) is 5.22. The monoisotopic (exact) mass is 262 g/mol. The summed E-state index contributed by atoms with van der Waals surface area (Å²) >= 11 is 0. The van der Waals surface area contributed by atoms with Gasteiger partial charge in [0, 0.05) is 24.4 Å². The molecule has 2 rings (SSSR count). The van der Waals surface area contributed by atoms with E-state index in [0.29, 0.717) is 17.2 Å². The fraction of sp³-hybridized carbons (Fsp3) is 0.357. The molecule has 0 amide bonds. The zero-order valence-electron chi connectivity index (χ0n) is 11.9. The van der Waals surface area contributed by atoms with Crippen LogP contribution in [-0.4, -0.2) is 31.1 Å². The van der Waals surface area contributed by atoms with E-state index >= 15 is 0 Å². The number of benzene rings is 1. The van der Waals surface area contributed by atoms with E-state index in [1.54, 1.807) is 26.0 Å². The molecule has 2 aromatic rings. The number of aromatic nitrogens is 2. The summed E-state index contributed by atoms with van der Waals surface area (Å²) < 4.78 is 17.9. The summed E-state index contributed by atoms with van der Waals surface area (Å²) in [7, 11) is 6.71. The number of nitrogens with zero attached hydrogens (tertiary/aromatic N) is 2. The molecule has 0 atom stereocenters. The minimum Gasteiger partial charge on any atom is -0.493 e. The van der Waals surface area contributed by atoms with Gasteiger partial charge in [-0.2, -0.15) is 5.10 Å². The summed E-state index contributed by atoms with van der Waals surface area (Å²) in [6, 6.07) is 3.81. The number of hydrogen-bond donors (Lipinski definition) is 0. The Bertz CT molecular complexity index is 591. The molecule has 0 saturated carbocycles. The maximum absolute atomic E-state index is 5.49. The number of ether oxygens (including phenoxy) is 3. The van der Waals surface area contributed by atoms with E-state index < -0.39 is 0 Å². The van der Waals surface area contributed by atoms with Crippen LogP contribution >= 0.6 is 0 Å². The van der Waals surface area contributed by atoms with E-state index in [1.807, 2.05) is 32.3 Å². The molecular weight excluding hydrogens is 244 g/mol. The Kier molecular flexibility index (Phi) is 3.64. The predicted molar refractivity (Wildman–Crippen MR) is 73.0 cm³/mol. The summed E-state index contributed by atoms with van der Waals surface area (Å²) in [4.78, 5) is 0. The summed E-state index contributed by atoms with van der Waals surface area (Å²) in [6.07, 6.45) is 1.96. The third-order valence-electron chi connectivity index (χ3n) is 3.01. The molecule has 5 nitrogen and oxygen atoms in total. The van der Waals surface area contributed by atoms with Crippen LogP contribution in [0, 0.1) is 6.92 Å². The quantitative estimate of drug-likeness (QED) is 0.849. The fourth-order valence-corrected chi connectivity index (χ4v) is 2.18. The third-order valence-corrected chi connectivity index (χ3v) is 3.01. The lowest BCUT2D eigenvalue weighted by Crippen LogP contribution is -1.97. The van der Waals surface area contributed by atoms with Crippen molar-refractivity contribution in [2.45, 2.75) is 6.92 Å². The lowest BCUT2D eigenvalue weighted by molar-refractivity contribution is 0.325. The van der Waals surface area contributed by atoms with Gasteiger partial charge in [-0.15, -0.1) is 0 Å². The van der Waals surface area contributed by atoms with Crippen molar-refractivity contribution >= 4 is 0 Å². The van der Waals surface area contributed by atoms with Crippen molar-refractivity contribution in [1.29, 1.82) is 0 Å². The summed E-state index contributed by atoms with van der Waals surface area (Å²) in [5.41, 5.74) is 2.89. The Morgan fingerprint density at radius 2 is 1.63 bits per heavy atom. The first-order chi connectivity index (χ1) is 9.12. The van der Waals surface area contributed by atoms with Crippen molar-refractivity contribution < 1.29 is 14.2 Å². The highest BCUT2D eigenvalue weighted by molar-refractivity contribution is 5.77. The van der Waals surface area contributed by atoms with E-state index in [-0.39, 0.29) is 0 Å². The van der Waals surface area contributed by atoms with Gasteiger partial charge in [0.25, 0.3) is 0 Å². The SMILES string of the molecule is COc1ccc(-c2cn(C)nc2C)c(OC)c1OC. The average molecular weight is 262 g/mol. The Morgan fingerprint density at radius 1 is 0.947 bits per heavy atom. The fourth-order valence-electron chi connectivity index (χ4n) is 2.18. The molecule has 1 aromatic heterocycles. The average Bonchev–Trinajstić information content (AvgIpc) is 2.75. The Hall–Kier alpha value is -2.17. The molecule has 0 aliphatic heterocycles.